The summed E-state index contributed by atoms with van der Waals surface area (Å²) in [6, 6.07) is 15.8. The third-order valence-corrected chi connectivity index (χ3v) is 4.00. The molecule has 0 aliphatic carbocycles. The van der Waals surface area contributed by atoms with Crippen LogP contribution >= 0.6 is 0 Å². The van der Waals surface area contributed by atoms with Crippen molar-refractivity contribution in [3.63, 3.8) is 0 Å². The predicted molar refractivity (Wildman–Crippen MR) is 95.0 cm³/mol. The van der Waals surface area contributed by atoms with E-state index in [0.717, 1.165) is 16.9 Å². The number of nitrogens with zero attached hydrogens (tertiary/aromatic N) is 3. The smallest absolute Gasteiger partial charge is 0.271 e. The molecule has 0 unspecified atom stereocenters. The molecule has 0 saturated carbocycles. The Bertz CT molecular complexity index is 1100. The van der Waals surface area contributed by atoms with Gasteiger partial charge in [-0.2, -0.15) is 0 Å². The van der Waals surface area contributed by atoms with E-state index in [-0.39, 0.29) is 16.9 Å². The van der Waals surface area contributed by atoms with E-state index < -0.39 is 0 Å². The molecule has 0 bridgehead atoms. The first-order valence-electron chi connectivity index (χ1n) is 8.16. The number of fused-ring (bicyclic) bond motifs is 1. The Morgan fingerprint density at radius 2 is 1.92 bits per heavy atom. The number of benzene rings is 2. The molecule has 0 amide bonds. The fraction of sp³-hybridized carbons (Fsp3) is 0.158. The Morgan fingerprint density at radius 1 is 1.08 bits per heavy atom. The van der Waals surface area contributed by atoms with E-state index in [9.17, 15) is 4.79 Å². The molecule has 2 heterocycles. The van der Waals surface area contributed by atoms with Gasteiger partial charge < -0.3 is 4.74 Å². The average Bonchev–Trinajstić information content (AvgIpc) is 3.09. The van der Waals surface area contributed by atoms with Crippen molar-refractivity contribution in [2.24, 2.45) is 0 Å². The molecule has 0 saturated heterocycles. The Balaban J connectivity index is 1.50. The van der Waals surface area contributed by atoms with Crippen LogP contribution in [0.2, 0.25) is 0 Å². The number of hydrogen-bond donors (Lipinski definition) is 1. The van der Waals surface area contributed by atoms with E-state index >= 15 is 0 Å². The Kier molecular flexibility index (Phi) is 4.18. The first kappa shape index (κ1) is 16.0. The van der Waals surface area contributed by atoms with Gasteiger partial charge in [-0.3, -0.25) is 9.78 Å². The van der Waals surface area contributed by atoms with Crippen molar-refractivity contribution in [2.75, 3.05) is 0 Å². The maximum absolute atomic E-state index is 12.1. The highest BCUT2D eigenvalue weighted by molar-refractivity contribution is 5.62. The molecule has 2 aromatic heterocycles. The normalized spacial score (nSPS) is 11.0. The van der Waals surface area contributed by atoms with Gasteiger partial charge in [0.15, 0.2) is 0 Å². The number of ether oxygens (including phenoxy) is 1. The lowest BCUT2D eigenvalue weighted by atomic mass is 10.1. The fourth-order valence-electron chi connectivity index (χ4n) is 2.60. The summed E-state index contributed by atoms with van der Waals surface area (Å²) in [5, 5.41) is 7.23. The van der Waals surface area contributed by atoms with Crippen molar-refractivity contribution in [1.29, 1.82) is 0 Å². The average molecular weight is 348 g/mol. The molecule has 0 spiro atoms. The summed E-state index contributed by atoms with van der Waals surface area (Å²) in [5.74, 6) is 0.740. The molecule has 26 heavy (non-hydrogen) atoms. The van der Waals surface area contributed by atoms with Crippen molar-refractivity contribution >= 4 is 11.3 Å². The Hall–Kier alpha value is -3.48. The van der Waals surface area contributed by atoms with Crippen molar-refractivity contribution in [2.45, 2.75) is 20.0 Å². The molecule has 0 atom stereocenters. The molecule has 0 aliphatic heterocycles. The molecule has 7 heteroatoms. The van der Waals surface area contributed by atoms with Crippen LogP contribution in [0, 0.1) is 6.92 Å². The second-order valence-electron chi connectivity index (χ2n) is 6.05. The van der Waals surface area contributed by atoms with Crippen molar-refractivity contribution in [3.8, 4) is 5.75 Å². The molecule has 7 nitrogen and oxygen atoms in total. The van der Waals surface area contributed by atoms with E-state index in [4.69, 9.17) is 4.74 Å². The van der Waals surface area contributed by atoms with Crippen molar-refractivity contribution in [1.82, 2.24) is 20.3 Å². The summed E-state index contributed by atoms with van der Waals surface area (Å²) < 4.78 is 10.4. The minimum atomic E-state index is -0.306. The molecule has 4 rings (SSSR count). The van der Waals surface area contributed by atoms with E-state index in [1.807, 2.05) is 36.4 Å². The molecular formula is C19H16N4O3. The highest BCUT2D eigenvalue weighted by Gasteiger charge is 2.10. The summed E-state index contributed by atoms with van der Waals surface area (Å²) >= 11 is 0. The van der Waals surface area contributed by atoms with E-state index in [2.05, 4.69) is 44.0 Å². The lowest BCUT2D eigenvalue weighted by Gasteiger charge is -2.08. The Morgan fingerprint density at radius 3 is 2.77 bits per heavy atom. The van der Waals surface area contributed by atoms with Gasteiger partial charge in [0, 0.05) is 6.42 Å². The summed E-state index contributed by atoms with van der Waals surface area (Å²) in [7, 11) is 0. The SMILES string of the molecule is Cc1ccc(COc2cccc(Cc3nc4nonc4[nH]c3=O)c2)cc1. The highest BCUT2D eigenvalue weighted by atomic mass is 16.6. The largest absolute Gasteiger partial charge is 0.489 e. The third-order valence-electron chi connectivity index (χ3n) is 4.00. The number of aromatic amines is 1. The first-order valence-corrected chi connectivity index (χ1v) is 8.16. The summed E-state index contributed by atoms with van der Waals surface area (Å²) in [5.41, 5.74) is 3.81. The minimum absolute atomic E-state index is 0.244. The summed E-state index contributed by atoms with van der Waals surface area (Å²) in [6.45, 7) is 2.54. The number of rotatable bonds is 5. The van der Waals surface area contributed by atoms with Gasteiger partial charge in [0.1, 0.15) is 18.1 Å². The number of nitrogens with one attached hydrogen (secondary N) is 1. The fourth-order valence-corrected chi connectivity index (χ4v) is 2.60. The van der Waals surface area contributed by atoms with Crippen LogP contribution in [-0.2, 0) is 13.0 Å². The standard InChI is InChI=1S/C19H16N4O3/c1-12-5-7-13(8-6-12)11-25-15-4-2-3-14(9-15)10-16-19(24)21-18-17(20-16)22-26-23-18/h2-9H,10-11H2,1H3,(H,21,23,24). The monoisotopic (exact) mass is 348 g/mol. The molecule has 0 aliphatic rings. The summed E-state index contributed by atoms with van der Waals surface area (Å²) in [6.07, 6.45) is 0.361. The van der Waals surface area contributed by atoms with E-state index in [1.165, 1.54) is 5.56 Å². The second-order valence-corrected chi connectivity index (χ2v) is 6.05. The lowest BCUT2D eigenvalue weighted by Crippen LogP contribution is -2.15. The number of aromatic nitrogens is 4. The molecule has 2 aromatic carbocycles. The van der Waals surface area contributed by atoms with Gasteiger partial charge in [-0.15, -0.1) is 0 Å². The maximum Gasteiger partial charge on any atom is 0.271 e. The van der Waals surface area contributed by atoms with Gasteiger partial charge in [-0.05, 0) is 40.5 Å². The van der Waals surface area contributed by atoms with Gasteiger partial charge in [-0.25, -0.2) is 9.61 Å². The number of H-pyrrole nitrogens is 1. The van der Waals surface area contributed by atoms with Crippen molar-refractivity contribution < 1.29 is 9.37 Å². The molecule has 130 valence electrons. The van der Waals surface area contributed by atoms with E-state index in [1.54, 1.807) is 0 Å². The Labute approximate surface area is 148 Å². The van der Waals surface area contributed by atoms with Crippen LogP contribution in [0.4, 0.5) is 0 Å². The minimum Gasteiger partial charge on any atom is -0.489 e. The quantitative estimate of drug-likeness (QED) is 0.596. The van der Waals surface area contributed by atoms with Gasteiger partial charge in [0.05, 0.1) is 0 Å². The van der Waals surface area contributed by atoms with Gasteiger partial charge in [0.25, 0.3) is 5.56 Å². The van der Waals surface area contributed by atoms with E-state index in [0.29, 0.717) is 18.7 Å². The van der Waals surface area contributed by atoms with Gasteiger partial charge in [-0.1, -0.05) is 42.0 Å². The first-order chi connectivity index (χ1) is 12.7. The van der Waals surface area contributed by atoms with Crippen LogP contribution in [0.5, 0.6) is 5.75 Å². The number of hydrogen-bond acceptors (Lipinski definition) is 6. The van der Waals surface area contributed by atoms with Crippen LogP contribution in [0.1, 0.15) is 22.4 Å². The zero-order valence-corrected chi connectivity index (χ0v) is 14.1. The van der Waals surface area contributed by atoms with Crippen LogP contribution in [0.25, 0.3) is 11.3 Å². The van der Waals surface area contributed by atoms with Gasteiger partial charge >= 0.3 is 0 Å². The highest BCUT2D eigenvalue weighted by Crippen LogP contribution is 2.17. The zero-order valence-electron chi connectivity index (χ0n) is 14.1. The van der Waals surface area contributed by atoms with Crippen LogP contribution in [0.15, 0.2) is 58.0 Å². The molecule has 1 N–H and O–H groups in total. The topological polar surface area (TPSA) is 93.9 Å². The summed E-state index contributed by atoms with van der Waals surface area (Å²) in [4.78, 5) is 18.9. The molecule has 0 radical (unpaired) electrons. The van der Waals surface area contributed by atoms with Crippen LogP contribution in [0.3, 0.4) is 0 Å². The zero-order chi connectivity index (χ0) is 17.9. The number of aryl methyl sites for hydroxylation is 1. The van der Waals surface area contributed by atoms with Crippen molar-refractivity contribution in [3.05, 3.63) is 81.3 Å². The third kappa shape index (κ3) is 3.46. The van der Waals surface area contributed by atoms with Gasteiger partial charge in [0.2, 0.25) is 11.3 Å². The maximum atomic E-state index is 12.1. The second kappa shape index (κ2) is 6.79. The molecular weight excluding hydrogens is 332 g/mol. The lowest BCUT2D eigenvalue weighted by molar-refractivity contribution is 0.306. The van der Waals surface area contributed by atoms with Crippen LogP contribution in [-0.4, -0.2) is 20.3 Å². The molecule has 4 aromatic rings. The molecule has 0 fully saturated rings. The predicted octanol–water partition coefficient (Wildman–Crippen LogP) is 2.78. The van der Waals surface area contributed by atoms with Crippen LogP contribution < -0.4 is 10.3 Å².